The maximum atomic E-state index is 14.4. The molecule has 0 unspecified atom stereocenters. The minimum absolute atomic E-state index is 0.0348. The number of nitrogens with zero attached hydrogens (tertiary/aromatic N) is 3. The van der Waals surface area contributed by atoms with Gasteiger partial charge in [0.1, 0.15) is 5.75 Å². The fraction of sp³-hybridized carbons (Fsp3) is 0.167. The van der Waals surface area contributed by atoms with Crippen LogP contribution in [-0.2, 0) is 19.0 Å². The molecule has 4 aromatic rings. The third-order valence-electron chi connectivity index (χ3n) is 4.27. The zero-order valence-electron chi connectivity index (χ0n) is 14.1. The number of tetrazole rings is 1. The number of fused-ring (bicyclic) bond motifs is 1. The van der Waals surface area contributed by atoms with Gasteiger partial charge in [-0.1, -0.05) is 6.07 Å². The highest BCUT2D eigenvalue weighted by atomic mass is 19.4. The summed E-state index contributed by atoms with van der Waals surface area (Å²) < 4.78 is 58.5. The molecule has 0 radical (unpaired) electrons. The lowest BCUT2D eigenvalue weighted by molar-refractivity contribution is -0.138. The summed E-state index contributed by atoms with van der Waals surface area (Å²) in [6.45, 7) is 0. The van der Waals surface area contributed by atoms with Crippen LogP contribution in [0.25, 0.3) is 22.6 Å². The Labute approximate surface area is 154 Å². The van der Waals surface area contributed by atoms with Crippen LogP contribution in [0.2, 0.25) is 0 Å². The van der Waals surface area contributed by atoms with E-state index in [4.69, 9.17) is 4.42 Å². The van der Waals surface area contributed by atoms with Crippen LogP contribution >= 0.6 is 0 Å². The summed E-state index contributed by atoms with van der Waals surface area (Å²) in [6.07, 6.45) is -4.10. The molecule has 0 spiro atoms. The van der Waals surface area contributed by atoms with E-state index in [1.54, 1.807) is 12.1 Å². The molecule has 0 aliphatic heterocycles. The van der Waals surface area contributed by atoms with Crippen molar-refractivity contribution in [3.8, 4) is 17.3 Å². The Balaban J connectivity index is 1.59. The molecule has 2 aromatic carbocycles. The van der Waals surface area contributed by atoms with Crippen molar-refractivity contribution in [1.29, 1.82) is 0 Å². The Morgan fingerprint density at radius 3 is 2.54 bits per heavy atom. The summed E-state index contributed by atoms with van der Waals surface area (Å²) >= 11 is 0. The van der Waals surface area contributed by atoms with E-state index in [1.165, 1.54) is 12.1 Å². The standard InChI is InChI=1S/C18H12F4N4O2/c19-13-7-10(2-1-9-3-4-14(27)12(6-9)18(20,21)22)5-11-8-15(28-16(11)13)17-23-25-26-24-17/h3-8,27H,1-2H2,(H,23,24,25,26). The van der Waals surface area contributed by atoms with Crippen LogP contribution in [-0.4, -0.2) is 25.7 Å². The normalized spacial score (nSPS) is 12.0. The highest BCUT2D eigenvalue weighted by Crippen LogP contribution is 2.36. The maximum Gasteiger partial charge on any atom is 0.419 e. The van der Waals surface area contributed by atoms with Gasteiger partial charge in [0.15, 0.2) is 17.2 Å². The number of halogens is 4. The van der Waals surface area contributed by atoms with Crippen LogP contribution < -0.4 is 0 Å². The lowest BCUT2D eigenvalue weighted by atomic mass is 10.0. The monoisotopic (exact) mass is 392 g/mol. The molecule has 2 N–H and O–H groups in total. The van der Waals surface area contributed by atoms with Crippen LogP contribution in [0, 0.1) is 5.82 Å². The first-order valence-electron chi connectivity index (χ1n) is 8.16. The van der Waals surface area contributed by atoms with E-state index in [-0.39, 0.29) is 23.6 Å². The number of alkyl halides is 3. The van der Waals surface area contributed by atoms with E-state index in [1.807, 2.05) is 0 Å². The molecule has 28 heavy (non-hydrogen) atoms. The summed E-state index contributed by atoms with van der Waals surface area (Å²) in [5, 5.41) is 23.1. The highest BCUT2D eigenvalue weighted by molar-refractivity contribution is 5.82. The molecule has 0 fully saturated rings. The summed E-state index contributed by atoms with van der Waals surface area (Å²) in [4.78, 5) is 0. The number of aryl methyl sites for hydroxylation is 2. The summed E-state index contributed by atoms with van der Waals surface area (Å²) in [5.74, 6) is -0.992. The molecular weight excluding hydrogens is 380 g/mol. The topological polar surface area (TPSA) is 87.8 Å². The van der Waals surface area contributed by atoms with Gasteiger partial charge in [0.2, 0.25) is 5.82 Å². The predicted octanol–water partition coefficient (Wildman–Crippen LogP) is 4.26. The predicted molar refractivity (Wildman–Crippen MR) is 89.9 cm³/mol. The number of benzene rings is 2. The molecule has 2 heterocycles. The van der Waals surface area contributed by atoms with E-state index in [0.29, 0.717) is 22.9 Å². The fourth-order valence-electron chi connectivity index (χ4n) is 2.94. The van der Waals surface area contributed by atoms with E-state index in [9.17, 15) is 22.7 Å². The van der Waals surface area contributed by atoms with Crippen molar-refractivity contribution >= 4 is 11.0 Å². The average Bonchev–Trinajstić information content (AvgIpc) is 3.29. The van der Waals surface area contributed by atoms with E-state index in [0.717, 1.165) is 12.1 Å². The van der Waals surface area contributed by atoms with Gasteiger partial charge in [-0.15, -0.1) is 10.2 Å². The smallest absolute Gasteiger partial charge is 0.419 e. The third-order valence-corrected chi connectivity index (χ3v) is 4.27. The van der Waals surface area contributed by atoms with Crippen molar-refractivity contribution in [2.45, 2.75) is 19.0 Å². The second-order valence-corrected chi connectivity index (χ2v) is 6.19. The number of rotatable bonds is 4. The van der Waals surface area contributed by atoms with Crippen LogP contribution in [0.3, 0.4) is 0 Å². The fourth-order valence-corrected chi connectivity index (χ4v) is 2.94. The lowest BCUT2D eigenvalue weighted by Crippen LogP contribution is -2.06. The van der Waals surface area contributed by atoms with Crippen LogP contribution in [0.15, 0.2) is 40.8 Å². The van der Waals surface area contributed by atoms with Gasteiger partial charge in [-0.3, -0.25) is 0 Å². The molecule has 6 nitrogen and oxygen atoms in total. The third kappa shape index (κ3) is 3.40. The Kier molecular flexibility index (Phi) is 4.25. The molecular formula is C18H12F4N4O2. The molecule has 0 amide bonds. The number of aromatic nitrogens is 4. The van der Waals surface area contributed by atoms with Crippen molar-refractivity contribution in [2.24, 2.45) is 0 Å². The molecule has 4 rings (SSSR count). The number of aromatic amines is 1. The molecule has 0 saturated carbocycles. The van der Waals surface area contributed by atoms with Crippen LogP contribution in [0.1, 0.15) is 16.7 Å². The molecule has 10 heteroatoms. The maximum absolute atomic E-state index is 14.4. The van der Waals surface area contributed by atoms with Gasteiger partial charge in [0, 0.05) is 5.39 Å². The van der Waals surface area contributed by atoms with Gasteiger partial charge in [0.05, 0.1) is 5.56 Å². The van der Waals surface area contributed by atoms with Crippen molar-refractivity contribution in [1.82, 2.24) is 20.6 Å². The molecule has 0 aliphatic rings. The van der Waals surface area contributed by atoms with Gasteiger partial charge < -0.3 is 9.52 Å². The Bertz CT molecular complexity index is 1140. The van der Waals surface area contributed by atoms with Gasteiger partial charge in [0.25, 0.3) is 0 Å². The Hall–Kier alpha value is -3.43. The molecule has 2 aromatic heterocycles. The first-order chi connectivity index (χ1) is 13.3. The second kappa shape index (κ2) is 6.63. The van der Waals surface area contributed by atoms with Crippen LogP contribution in [0.4, 0.5) is 17.6 Å². The number of phenols is 1. The number of hydrogen-bond donors (Lipinski definition) is 2. The van der Waals surface area contributed by atoms with Crippen molar-refractivity contribution < 1.29 is 27.1 Å². The Morgan fingerprint density at radius 2 is 1.82 bits per heavy atom. The molecule has 0 aliphatic carbocycles. The summed E-state index contributed by atoms with van der Waals surface area (Å²) in [5.41, 5.74) is -0.0869. The van der Waals surface area contributed by atoms with Gasteiger partial charge in [-0.05, 0) is 59.5 Å². The lowest BCUT2D eigenvalue weighted by Gasteiger charge is -2.11. The second-order valence-electron chi connectivity index (χ2n) is 6.19. The number of hydrogen-bond acceptors (Lipinski definition) is 5. The minimum Gasteiger partial charge on any atom is -0.507 e. The largest absolute Gasteiger partial charge is 0.507 e. The first-order valence-corrected chi connectivity index (χ1v) is 8.16. The molecule has 0 bridgehead atoms. The van der Waals surface area contributed by atoms with Gasteiger partial charge >= 0.3 is 6.18 Å². The number of nitrogens with one attached hydrogen (secondary N) is 1. The van der Waals surface area contributed by atoms with Crippen molar-refractivity contribution in [2.75, 3.05) is 0 Å². The van der Waals surface area contributed by atoms with Gasteiger partial charge in [-0.25, -0.2) is 4.39 Å². The zero-order chi connectivity index (χ0) is 19.9. The quantitative estimate of drug-likeness (QED) is 0.507. The summed E-state index contributed by atoms with van der Waals surface area (Å²) in [7, 11) is 0. The summed E-state index contributed by atoms with van der Waals surface area (Å²) in [6, 6.07) is 7.85. The number of aromatic hydroxyl groups is 1. The van der Waals surface area contributed by atoms with Crippen molar-refractivity contribution in [3.63, 3.8) is 0 Å². The number of H-pyrrole nitrogens is 1. The number of furan rings is 1. The van der Waals surface area contributed by atoms with Crippen molar-refractivity contribution in [3.05, 3.63) is 58.9 Å². The van der Waals surface area contributed by atoms with Crippen LogP contribution in [0.5, 0.6) is 5.75 Å². The first kappa shape index (κ1) is 18.0. The minimum atomic E-state index is -4.65. The highest BCUT2D eigenvalue weighted by Gasteiger charge is 2.33. The molecule has 144 valence electrons. The van der Waals surface area contributed by atoms with Gasteiger partial charge in [-0.2, -0.15) is 18.4 Å². The molecule has 0 saturated heterocycles. The van der Waals surface area contributed by atoms with E-state index in [2.05, 4.69) is 20.6 Å². The van der Waals surface area contributed by atoms with E-state index < -0.39 is 23.3 Å². The SMILES string of the molecule is Oc1ccc(CCc2cc(F)c3oc(-c4nn[nH]n4)cc3c2)cc1C(F)(F)F. The molecule has 0 atom stereocenters. The average molecular weight is 392 g/mol. The number of phenolic OH excluding ortho intramolecular Hbond substituents is 1. The van der Waals surface area contributed by atoms with E-state index >= 15 is 0 Å². The zero-order valence-corrected chi connectivity index (χ0v) is 14.1. The Morgan fingerprint density at radius 1 is 1.04 bits per heavy atom.